The minimum Gasteiger partial charge on any atom is -0.497 e. The van der Waals surface area contributed by atoms with Gasteiger partial charge in [0.25, 0.3) is 0 Å². The van der Waals surface area contributed by atoms with Crippen molar-refractivity contribution in [3.05, 3.63) is 47.3 Å². The van der Waals surface area contributed by atoms with Crippen LogP contribution in [0.4, 0.5) is 0 Å². The molecule has 1 aromatic carbocycles. The Hall–Kier alpha value is -2.63. The Bertz CT molecular complexity index is 759. The first kappa shape index (κ1) is 19.7. The van der Waals surface area contributed by atoms with E-state index in [0.29, 0.717) is 6.61 Å². The fourth-order valence-corrected chi connectivity index (χ4v) is 2.59. The second-order valence-electron chi connectivity index (χ2n) is 6.78. The summed E-state index contributed by atoms with van der Waals surface area (Å²) >= 11 is 0. The van der Waals surface area contributed by atoms with Crippen LogP contribution in [0.3, 0.4) is 0 Å². The Morgan fingerprint density at radius 3 is 2.54 bits per heavy atom. The zero-order chi connectivity index (χ0) is 19.2. The van der Waals surface area contributed by atoms with Crippen molar-refractivity contribution in [2.45, 2.75) is 39.0 Å². The van der Waals surface area contributed by atoms with Gasteiger partial charge in [0.2, 0.25) is 0 Å². The number of ether oxygens (including phenoxy) is 3. The van der Waals surface area contributed by atoms with Crippen LogP contribution in [-0.4, -0.2) is 37.0 Å². The van der Waals surface area contributed by atoms with Crippen LogP contribution in [0.5, 0.6) is 11.5 Å². The van der Waals surface area contributed by atoms with Crippen LogP contribution in [0.2, 0.25) is 0 Å². The lowest BCUT2D eigenvalue weighted by Crippen LogP contribution is -2.26. The molecule has 2 rings (SSSR count). The van der Waals surface area contributed by atoms with E-state index in [-0.39, 0.29) is 11.4 Å². The lowest BCUT2D eigenvalue weighted by Gasteiger charge is -2.24. The Balaban J connectivity index is 2.10. The summed E-state index contributed by atoms with van der Waals surface area (Å²) < 4.78 is 15.8. The number of aromatic nitrogens is 2. The van der Waals surface area contributed by atoms with E-state index in [2.05, 4.69) is 10.2 Å². The van der Waals surface area contributed by atoms with Gasteiger partial charge in [0.05, 0.1) is 26.1 Å². The minimum absolute atomic E-state index is 0.285. The van der Waals surface area contributed by atoms with Gasteiger partial charge in [-0.2, -0.15) is 10.2 Å². The Morgan fingerprint density at radius 1 is 1.12 bits per heavy atom. The number of carbonyl (C=O) groups is 1. The van der Waals surface area contributed by atoms with E-state index >= 15 is 0 Å². The molecule has 1 aromatic heterocycles. The van der Waals surface area contributed by atoms with Gasteiger partial charge in [-0.3, -0.25) is 4.79 Å². The average molecular weight is 358 g/mol. The Labute approximate surface area is 154 Å². The molecule has 0 spiro atoms. The second-order valence-corrected chi connectivity index (χ2v) is 6.78. The molecule has 0 amide bonds. The second kappa shape index (κ2) is 8.65. The van der Waals surface area contributed by atoms with E-state index in [1.807, 2.05) is 38.1 Å². The van der Waals surface area contributed by atoms with Gasteiger partial charge in [-0.25, -0.2) is 0 Å². The molecule has 0 bridgehead atoms. The SMILES string of the molecule is COc1ccc(CCc2cc(C(C)(C)COC(C)=O)cnn2)c(OC)c1. The van der Waals surface area contributed by atoms with Crippen LogP contribution in [-0.2, 0) is 27.8 Å². The first-order chi connectivity index (χ1) is 12.4. The molecule has 0 aliphatic rings. The molecule has 0 fully saturated rings. The van der Waals surface area contributed by atoms with Crippen molar-refractivity contribution in [3.63, 3.8) is 0 Å². The average Bonchev–Trinajstić information content (AvgIpc) is 2.65. The van der Waals surface area contributed by atoms with E-state index in [9.17, 15) is 4.79 Å². The van der Waals surface area contributed by atoms with Gasteiger partial charge >= 0.3 is 5.97 Å². The summed E-state index contributed by atoms with van der Waals surface area (Å²) in [7, 11) is 3.28. The van der Waals surface area contributed by atoms with Crippen LogP contribution in [0.1, 0.15) is 37.6 Å². The fourth-order valence-electron chi connectivity index (χ4n) is 2.59. The molecule has 0 radical (unpaired) electrons. The Kier molecular flexibility index (Phi) is 6.55. The summed E-state index contributed by atoms with van der Waals surface area (Å²) in [6.07, 6.45) is 3.23. The first-order valence-electron chi connectivity index (χ1n) is 8.52. The van der Waals surface area contributed by atoms with Gasteiger partial charge in [0.15, 0.2) is 0 Å². The number of benzene rings is 1. The van der Waals surface area contributed by atoms with Crippen molar-refractivity contribution in [1.82, 2.24) is 10.2 Å². The topological polar surface area (TPSA) is 70.5 Å². The van der Waals surface area contributed by atoms with Crippen molar-refractivity contribution in [3.8, 4) is 11.5 Å². The highest BCUT2D eigenvalue weighted by molar-refractivity contribution is 5.66. The highest BCUT2D eigenvalue weighted by Crippen LogP contribution is 2.27. The molecule has 140 valence electrons. The molecule has 2 aromatic rings. The van der Waals surface area contributed by atoms with Crippen molar-refractivity contribution < 1.29 is 19.0 Å². The number of esters is 1. The Morgan fingerprint density at radius 2 is 1.88 bits per heavy atom. The third kappa shape index (κ3) is 5.18. The van der Waals surface area contributed by atoms with E-state index in [0.717, 1.165) is 41.2 Å². The number of hydrogen-bond acceptors (Lipinski definition) is 6. The van der Waals surface area contributed by atoms with Crippen LogP contribution < -0.4 is 9.47 Å². The van der Waals surface area contributed by atoms with E-state index < -0.39 is 0 Å². The van der Waals surface area contributed by atoms with E-state index in [1.165, 1.54) is 6.92 Å². The van der Waals surface area contributed by atoms with Gasteiger partial charge in [-0.1, -0.05) is 19.9 Å². The molecule has 6 heteroatoms. The molecule has 0 aliphatic heterocycles. The van der Waals surface area contributed by atoms with Gasteiger partial charge in [-0.15, -0.1) is 0 Å². The molecule has 1 heterocycles. The summed E-state index contributed by atoms with van der Waals surface area (Å²) in [5.41, 5.74) is 2.63. The molecule has 6 nitrogen and oxygen atoms in total. The normalized spacial score (nSPS) is 11.1. The van der Waals surface area contributed by atoms with E-state index in [1.54, 1.807) is 20.4 Å². The molecule has 26 heavy (non-hydrogen) atoms. The minimum atomic E-state index is -0.325. The molecule has 0 aliphatic carbocycles. The van der Waals surface area contributed by atoms with Crippen molar-refractivity contribution >= 4 is 5.97 Å². The number of rotatable bonds is 8. The molecule has 0 saturated carbocycles. The predicted molar refractivity (Wildman–Crippen MR) is 98.6 cm³/mol. The van der Waals surface area contributed by atoms with Crippen LogP contribution in [0.25, 0.3) is 0 Å². The number of methoxy groups -OCH3 is 2. The maximum Gasteiger partial charge on any atom is 0.302 e. The summed E-state index contributed by atoms with van der Waals surface area (Å²) in [4.78, 5) is 11.1. The smallest absolute Gasteiger partial charge is 0.302 e. The summed E-state index contributed by atoms with van der Waals surface area (Å²) in [5, 5.41) is 8.35. The van der Waals surface area contributed by atoms with Crippen molar-refractivity contribution in [1.29, 1.82) is 0 Å². The van der Waals surface area contributed by atoms with Crippen LogP contribution >= 0.6 is 0 Å². The molecular formula is C20H26N2O4. The monoisotopic (exact) mass is 358 g/mol. The van der Waals surface area contributed by atoms with Crippen LogP contribution in [0, 0.1) is 0 Å². The third-order valence-electron chi connectivity index (χ3n) is 4.27. The summed E-state index contributed by atoms with van der Waals surface area (Å²) in [5.74, 6) is 1.27. The van der Waals surface area contributed by atoms with Gasteiger partial charge in [0, 0.05) is 18.4 Å². The van der Waals surface area contributed by atoms with Gasteiger partial charge in [0.1, 0.15) is 18.1 Å². The standard InChI is InChI=1S/C20H26N2O4/c1-14(23)26-13-20(2,3)16-10-17(22-21-12-16)8-6-15-7-9-18(24-4)11-19(15)25-5/h7,9-12H,6,8,13H2,1-5H3. The zero-order valence-electron chi connectivity index (χ0n) is 16.0. The third-order valence-corrected chi connectivity index (χ3v) is 4.27. The van der Waals surface area contributed by atoms with Gasteiger partial charge in [-0.05, 0) is 36.1 Å². The maximum atomic E-state index is 11.1. The predicted octanol–water partition coefficient (Wildman–Crippen LogP) is 3.12. The maximum absolute atomic E-state index is 11.1. The van der Waals surface area contributed by atoms with E-state index in [4.69, 9.17) is 14.2 Å². The summed E-state index contributed by atoms with van der Waals surface area (Å²) in [6, 6.07) is 7.81. The zero-order valence-corrected chi connectivity index (χ0v) is 16.0. The lowest BCUT2D eigenvalue weighted by atomic mass is 9.86. The molecule has 0 N–H and O–H groups in total. The quantitative estimate of drug-likeness (QED) is 0.675. The lowest BCUT2D eigenvalue weighted by molar-refractivity contribution is -0.142. The highest BCUT2D eigenvalue weighted by atomic mass is 16.5. The molecular weight excluding hydrogens is 332 g/mol. The molecule has 0 unspecified atom stereocenters. The van der Waals surface area contributed by atoms with Crippen molar-refractivity contribution in [2.75, 3.05) is 20.8 Å². The fraction of sp³-hybridized carbons (Fsp3) is 0.450. The molecule has 0 saturated heterocycles. The first-order valence-corrected chi connectivity index (χ1v) is 8.52. The van der Waals surface area contributed by atoms with Gasteiger partial charge < -0.3 is 14.2 Å². The number of aryl methyl sites for hydroxylation is 2. The molecule has 0 atom stereocenters. The number of carbonyl (C=O) groups excluding carboxylic acids is 1. The summed E-state index contributed by atoms with van der Waals surface area (Å²) in [6.45, 7) is 5.75. The largest absolute Gasteiger partial charge is 0.497 e. The highest BCUT2D eigenvalue weighted by Gasteiger charge is 2.23. The number of nitrogens with zero attached hydrogens (tertiary/aromatic N) is 2. The van der Waals surface area contributed by atoms with Crippen molar-refractivity contribution in [2.24, 2.45) is 0 Å². The van der Waals surface area contributed by atoms with Crippen LogP contribution in [0.15, 0.2) is 30.5 Å². The number of hydrogen-bond donors (Lipinski definition) is 0.